The summed E-state index contributed by atoms with van der Waals surface area (Å²) in [5.74, 6) is 1.01. The molecule has 6 heteroatoms. The Morgan fingerprint density at radius 3 is 2.39 bits per heavy atom. The van der Waals surface area contributed by atoms with Gasteiger partial charge in [-0.25, -0.2) is 0 Å². The smallest absolute Gasteiger partial charge is 0.242 e. The first-order valence-corrected chi connectivity index (χ1v) is 11.4. The van der Waals surface area contributed by atoms with Crippen LogP contribution in [0.15, 0.2) is 59.1 Å². The fraction of sp³-hybridized carbons (Fsp3) is 0.364. The predicted molar refractivity (Wildman–Crippen MR) is 120 cm³/mol. The Labute approximate surface area is 180 Å². The molecule has 0 bridgehead atoms. The lowest BCUT2D eigenvalue weighted by molar-refractivity contribution is -0.137. The van der Waals surface area contributed by atoms with Crippen LogP contribution in [0.3, 0.4) is 0 Å². The summed E-state index contributed by atoms with van der Waals surface area (Å²) in [7, 11) is 0. The number of halogens is 1. The fourth-order valence-corrected chi connectivity index (χ4v) is 3.95. The lowest BCUT2D eigenvalue weighted by Gasteiger charge is -2.28. The maximum absolute atomic E-state index is 12.9. The van der Waals surface area contributed by atoms with Gasteiger partial charge in [0.05, 0.1) is 5.75 Å². The Hall–Kier alpha value is -1.79. The molecule has 28 heavy (non-hydrogen) atoms. The van der Waals surface area contributed by atoms with Crippen molar-refractivity contribution in [3.63, 3.8) is 0 Å². The van der Waals surface area contributed by atoms with Gasteiger partial charge in [0.2, 0.25) is 11.8 Å². The summed E-state index contributed by atoms with van der Waals surface area (Å²) in [5.41, 5.74) is 2.33. The summed E-state index contributed by atoms with van der Waals surface area (Å²) in [4.78, 5) is 26.9. The highest BCUT2D eigenvalue weighted by Gasteiger charge is 2.25. The highest BCUT2D eigenvalue weighted by molar-refractivity contribution is 9.10. The minimum absolute atomic E-state index is 0.00297. The Bertz CT molecular complexity index is 753. The summed E-state index contributed by atoms with van der Waals surface area (Å²) in [6, 6.07) is 17.7. The van der Waals surface area contributed by atoms with Crippen LogP contribution in [0.25, 0.3) is 0 Å². The summed E-state index contributed by atoms with van der Waals surface area (Å²) in [5, 5.41) is 2.82. The van der Waals surface area contributed by atoms with Crippen molar-refractivity contribution in [2.75, 3.05) is 18.8 Å². The molecule has 0 heterocycles. The van der Waals surface area contributed by atoms with Gasteiger partial charge in [0.15, 0.2) is 0 Å². The van der Waals surface area contributed by atoms with E-state index in [1.54, 1.807) is 23.6 Å². The second-order valence-corrected chi connectivity index (χ2v) is 8.41. The molecule has 0 aliphatic heterocycles. The molecule has 0 saturated heterocycles. The maximum Gasteiger partial charge on any atom is 0.242 e. The third-order valence-corrected chi connectivity index (χ3v) is 5.93. The highest BCUT2D eigenvalue weighted by Crippen LogP contribution is 2.17. The lowest BCUT2D eigenvalue weighted by Crippen LogP contribution is -2.49. The van der Waals surface area contributed by atoms with Crippen molar-refractivity contribution >= 4 is 39.5 Å². The molecule has 1 atom stereocenters. The molecule has 0 aromatic heterocycles. The van der Waals surface area contributed by atoms with E-state index in [0.717, 1.165) is 22.2 Å². The predicted octanol–water partition coefficient (Wildman–Crippen LogP) is 4.28. The minimum Gasteiger partial charge on any atom is -0.355 e. The van der Waals surface area contributed by atoms with Gasteiger partial charge < -0.3 is 10.2 Å². The molecule has 0 radical (unpaired) electrons. The van der Waals surface area contributed by atoms with Gasteiger partial charge in [0.1, 0.15) is 6.04 Å². The molecule has 2 aromatic carbocycles. The van der Waals surface area contributed by atoms with Crippen LogP contribution in [0.2, 0.25) is 0 Å². The Kier molecular flexibility index (Phi) is 9.58. The molecule has 0 spiro atoms. The molecular formula is C22H27BrN2O2S. The number of hydrogen-bond donors (Lipinski definition) is 1. The lowest BCUT2D eigenvalue weighted by atomic mass is 10.1. The van der Waals surface area contributed by atoms with Crippen LogP contribution >= 0.6 is 27.7 Å². The number of amides is 2. The number of rotatable bonds is 10. The maximum atomic E-state index is 12.9. The number of thioether (sulfide) groups is 1. The van der Waals surface area contributed by atoms with Gasteiger partial charge in [-0.15, -0.1) is 11.8 Å². The van der Waals surface area contributed by atoms with E-state index in [-0.39, 0.29) is 11.8 Å². The van der Waals surface area contributed by atoms with Gasteiger partial charge in [-0.05, 0) is 43.5 Å². The van der Waals surface area contributed by atoms with Crippen molar-refractivity contribution in [3.8, 4) is 0 Å². The molecule has 150 valence electrons. The van der Waals surface area contributed by atoms with Gasteiger partial charge >= 0.3 is 0 Å². The quantitative estimate of drug-likeness (QED) is 0.573. The van der Waals surface area contributed by atoms with E-state index in [4.69, 9.17) is 0 Å². The first-order valence-electron chi connectivity index (χ1n) is 9.44. The monoisotopic (exact) mass is 462 g/mol. The Morgan fingerprint density at radius 1 is 1.07 bits per heavy atom. The van der Waals surface area contributed by atoms with Crippen LogP contribution in [-0.2, 0) is 21.8 Å². The molecule has 0 aliphatic rings. The Balaban J connectivity index is 1.96. The third-order valence-electron chi connectivity index (χ3n) is 4.41. The zero-order valence-corrected chi connectivity index (χ0v) is 18.8. The van der Waals surface area contributed by atoms with E-state index in [9.17, 15) is 9.59 Å². The van der Waals surface area contributed by atoms with Crippen molar-refractivity contribution in [2.45, 2.75) is 32.1 Å². The molecule has 0 aliphatic carbocycles. The van der Waals surface area contributed by atoms with E-state index in [2.05, 4.69) is 21.2 Å². The number of carbonyl (C=O) groups excluding carboxylic acids is 2. The van der Waals surface area contributed by atoms with Crippen LogP contribution in [0, 0.1) is 0 Å². The van der Waals surface area contributed by atoms with E-state index >= 15 is 0 Å². The highest BCUT2D eigenvalue weighted by atomic mass is 79.9. The van der Waals surface area contributed by atoms with Crippen LogP contribution in [0.4, 0.5) is 0 Å². The van der Waals surface area contributed by atoms with Crippen LogP contribution in [0.5, 0.6) is 0 Å². The van der Waals surface area contributed by atoms with E-state index in [1.807, 2.05) is 61.5 Å². The number of nitrogens with zero attached hydrogens (tertiary/aromatic N) is 1. The van der Waals surface area contributed by atoms with Crippen molar-refractivity contribution in [3.05, 3.63) is 70.2 Å². The van der Waals surface area contributed by atoms with Gasteiger partial charge in [-0.1, -0.05) is 58.4 Å². The number of carbonyl (C=O) groups is 2. The zero-order chi connectivity index (χ0) is 20.4. The molecular weight excluding hydrogens is 436 g/mol. The zero-order valence-electron chi connectivity index (χ0n) is 16.4. The topological polar surface area (TPSA) is 49.4 Å². The van der Waals surface area contributed by atoms with Gasteiger partial charge in [0, 0.05) is 23.3 Å². The van der Waals surface area contributed by atoms with Crippen molar-refractivity contribution in [1.29, 1.82) is 0 Å². The Morgan fingerprint density at radius 2 is 1.75 bits per heavy atom. The molecule has 1 N–H and O–H groups in total. The molecule has 0 fully saturated rings. The standard InChI is InChI=1S/C22H27BrN2O2S/c1-3-24-22(27)17(2)25(14-13-18-7-5-4-6-8-18)21(26)16-28-15-19-9-11-20(23)12-10-19/h4-12,17H,3,13-16H2,1-2H3,(H,24,27)/t17-/m0/s1. The van der Waals surface area contributed by atoms with Crippen molar-refractivity contribution in [2.24, 2.45) is 0 Å². The van der Waals surface area contributed by atoms with Crippen LogP contribution in [-0.4, -0.2) is 41.6 Å². The third kappa shape index (κ3) is 7.32. The van der Waals surface area contributed by atoms with E-state index in [0.29, 0.717) is 18.8 Å². The summed E-state index contributed by atoms with van der Waals surface area (Å²) in [6.45, 7) is 4.77. The van der Waals surface area contributed by atoms with Crippen LogP contribution < -0.4 is 5.32 Å². The largest absolute Gasteiger partial charge is 0.355 e. The first kappa shape index (κ1) is 22.5. The number of nitrogens with one attached hydrogen (secondary N) is 1. The molecule has 4 nitrogen and oxygen atoms in total. The molecule has 2 aromatic rings. The summed E-state index contributed by atoms with van der Waals surface area (Å²) >= 11 is 5.00. The van der Waals surface area contributed by atoms with Gasteiger partial charge in [-0.3, -0.25) is 9.59 Å². The summed E-state index contributed by atoms with van der Waals surface area (Å²) in [6.07, 6.45) is 0.730. The summed E-state index contributed by atoms with van der Waals surface area (Å²) < 4.78 is 1.04. The van der Waals surface area contributed by atoms with E-state index < -0.39 is 6.04 Å². The van der Waals surface area contributed by atoms with Gasteiger partial charge in [0.25, 0.3) is 0 Å². The van der Waals surface area contributed by atoms with Crippen molar-refractivity contribution < 1.29 is 9.59 Å². The fourth-order valence-electron chi connectivity index (χ4n) is 2.81. The average molecular weight is 463 g/mol. The average Bonchev–Trinajstić information content (AvgIpc) is 2.70. The molecule has 0 unspecified atom stereocenters. The van der Waals surface area contributed by atoms with E-state index in [1.165, 1.54) is 5.56 Å². The number of benzene rings is 2. The van der Waals surface area contributed by atoms with Crippen molar-refractivity contribution in [1.82, 2.24) is 10.2 Å². The molecule has 0 saturated carbocycles. The molecule has 2 amide bonds. The first-order chi connectivity index (χ1) is 13.5. The second kappa shape index (κ2) is 11.9. The van der Waals surface area contributed by atoms with Crippen LogP contribution in [0.1, 0.15) is 25.0 Å². The van der Waals surface area contributed by atoms with Gasteiger partial charge in [-0.2, -0.15) is 0 Å². The second-order valence-electron chi connectivity index (χ2n) is 6.51. The SMILES string of the molecule is CCNC(=O)[C@H](C)N(CCc1ccccc1)C(=O)CSCc1ccc(Br)cc1. The number of likely N-dealkylation sites (N-methyl/N-ethyl adjacent to an activating group) is 1. The number of hydrogen-bond acceptors (Lipinski definition) is 3. The molecule has 2 rings (SSSR count). The minimum atomic E-state index is -0.482. The normalized spacial score (nSPS) is 11.7.